The second-order valence-corrected chi connectivity index (χ2v) is 4.08. The molecule has 1 aromatic rings. The molecule has 0 atom stereocenters. The zero-order valence-corrected chi connectivity index (χ0v) is 7.79. The molecule has 0 bridgehead atoms. The van der Waals surface area contributed by atoms with Gasteiger partial charge in [-0.15, -0.1) is 0 Å². The lowest BCUT2D eigenvalue weighted by Crippen LogP contribution is -2.11. The lowest BCUT2D eigenvalue weighted by atomic mass is 10.2. The van der Waals surface area contributed by atoms with Crippen LogP contribution in [-0.2, 0) is 10.0 Å². The van der Waals surface area contributed by atoms with Gasteiger partial charge in [0, 0.05) is 0 Å². The van der Waals surface area contributed by atoms with Crippen molar-refractivity contribution in [2.75, 3.05) is 0 Å². The van der Waals surface area contributed by atoms with Crippen LogP contribution in [0.15, 0.2) is 35.2 Å². The van der Waals surface area contributed by atoms with Gasteiger partial charge in [-0.3, -0.25) is 0 Å². The summed E-state index contributed by atoms with van der Waals surface area (Å²) in [7, 11) is -3.57. The van der Waals surface area contributed by atoms with Crippen LogP contribution in [0, 0.1) is 6.92 Å². The fourth-order valence-corrected chi connectivity index (χ4v) is 1.42. The Morgan fingerprint density at radius 3 is 2.15 bits per heavy atom. The number of benzene rings is 1. The van der Waals surface area contributed by atoms with E-state index in [4.69, 9.17) is 5.14 Å². The van der Waals surface area contributed by atoms with Crippen molar-refractivity contribution in [3.8, 4) is 0 Å². The van der Waals surface area contributed by atoms with E-state index in [1.54, 1.807) is 24.3 Å². The Balaban J connectivity index is 3.08. The molecule has 2 N–H and O–H groups in total. The van der Waals surface area contributed by atoms with E-state index in [0.29, 0.717) is 0 Å². The number of nitrogens with two attached hydrogens (primary N) is 1. The Morgan fingerprint density at radius 2 is 1.77 bits per heavy atom. The standard InChI is InChI=1S/C9H10NO2S/c1-2-3-8-4-6-9(7-5-8)13(10,11)12/h2-7H,1H2,(H2,10,11,12)/b3-2+. The van der Waals surface area contributed by atoms with Gasteiger partial charge in [-0.1, -0.05) is 24.3 Å². The summed E-state index contributed by atoms with van der Waals surface area (Å²) in [6.07, 6.45) is 3.40. The molecule has 0 heterocycles. The van der Waals surface area contributed by atoms with Gasteiger partial charge in [-0.25, -0.2) is 13.6 Å². The first-order valence-electron chi connectivity index (χ1n) is 3.62. The van der Waals surface area contributed by atoms with Crippen LogP contribution < -0.4 is 5.14 Å². The zero-order valence-electron chi connectivity index (χ0n) is 6.97. The van der Waals surface area contributed by atoms with Crippen LogP contribution in [-0.4, -0.2) is 8.42 Å². The summed E-state index contributed by atoms with van der Waals surface area (Å²) in [6.45, 7) is 3.53. The van der Waals surface area contributed by atoms with Crippen molar-refractivity contribution in [1.82, 2.24) is 0 Å². The molecule has 0 spiro atoms. The first kappa shape index (κ1) is 9.95. The Hall–Kier alpha value is -1.13. The molecular formula is C9H10NO2S. The van der Waals surface area contributed by atoms with E-state index in [1.165, 1.54) is 12.1 Å². The summed E-state index contributed by atoms with van der Waals surface area (Å²) in [5, 5.41) is 4.92. The van der Waals surface area contributed by atoms with Gasteiger partial charge in [0.25, 0.3) is 0 Å². The molecule has 3 nitrogen and oxygen atoms in total. The first-order valence-corrected chi connectivity index (χ1v) is 5.17. The average Bonchev–Trinajstić information content (AvgIpc) is 2.04. The highest BCUT2D eigenvalue weighted by atomic mass is 32.2. The van der Waals surface area contributed by atoms with Crippen molar-refractivity contribution < 1.29 is 8.42 Å². The van der Waals surface area contributed by atoms with E-state index in [1.807, 2.05) is 0 Å². The number of sulfonamides is 1. The number of allylic oxidation sites excluding steroid dienone is 1. The smallest absolute Gasteiger partial charge is 0.225 e. The van der Waals surface area contributed by atoms with E-state index < -0.39 is 10.0 Å². The van der Waals surface area contributed by atoms with Crippen molar-refractivity contribution in [3.63, 3.8) is 0 Å². The van der Waals surface area contributed by atoms with Crippen LogP contribution in [0.1, 0.15) is 5.56 Å². The summed E-state index contributed by atoms with van der Waals surface area (Å²) in [4.78, 5) is 0.119. The number of hydrogen-bond donors (Lipinski definition) is 1. The molecule has 0 amide bonds. The van der Waals surface area contributed by atoms with Crippen molar-refractivity contribution >= 4 is 16.1 Å². The van der Waals surface area contributed by atoms with Gasteiger partial charge >= 0.3 is 0 Å². The maximum Gasteiger partial charge on any atom is 0.238 e. The summed E-state index contributed by atoms with van der Waals surface area (Å²) in [5.41, 5.74) is 0.891. The van der Waals surface area contributed by atoms with Gasteiger partial charge in [0.1, 0.15) is 0 Å². The van der Waals surface area contributed by atoms with Crippen LogP contribution in [0.4, 0.5) is 0 Å². The monoisotopic (exact) mass is 196 g/mol. The van der Waals surface area contributed by atoms with E-state index in [0.717, 1.165) is 5.56 Å². The lowest BCUT2D eigenvalue weighted by molar-refractivity contribution is 0.598. The molecule has 1 rings (SSSR count). The van der Waals surface area contributed by atoms with Crippen LogP contribution in [0.3, 0.4) is 0 Å². The molecule has 0 fully saturated rings. The third-order valence-corrected chi connectivity index (χ3v) is 2.45. The van der Waals surface area contributed by atoms with Crippen molar-refractivity contribution in [1.29, 1.82) is 0 Å². The summed E-state index contributed by atoms with van der Waals surface area (Å²) >= 11 is 0. The minimum atomic E-state index is -3.57. The Morgan fingerprint density at radius 1 is 1.23 bits per heavy atom. The summed E-state index contributed by atoms with van der Waals surface area (Å²) < 4.78 is 21.7. The fourth-order valence-electron chi connectivity index (χ4n) is 0.905. The maximum atomic E-state index is 10.8. The zero-order chi connectivity index (χ0) is 9.90. The Bertz CT molecular complexity index is 404. The molecule has 1 aromatic carbocycles. The van der Waals surface area contributed by atoms with Crippen LogP contribution in [0.2, 0.25) is 0 Å². The van der Waals surface area contributed by atoms with E-state index in [9.17, 15) is 8.42 Å². The largest absolute Gasteiger partial charge is 0.238 e. The molecule has 0 aromatic heterocycles. The highest BCUT2D eigenvalue weighted by Gasteiger charge is 2.05. The predicted molar refractivity (Wildman–Crippen MR) is 52.2 cm³/mol. The molecule has 1 radical (unpaired) electrons. The van der Waals surface area contributed by atoms with Gasteiger partial charge in [-0.2, -0.15) is 0 Å². The Kier molecular flexibility index (Phi) is 2.85. The number of rotatable bonds is 2. The molecule has 0 aliphatic heterocycles. The van der Waals surface area contributed by atoms with Gasteiger partial charge in [0.05, 0.1) is 4.90 Å². The minimum absolute atomic E-state index is 0.119. The quantitative estimate of drug-likeness (QED) is 0.772. The average molecular weight is 196 g/mol. The SMILES string of the molecule is [CH2]/C=C/c1ccc(S(N)(=O)=O)cc1. The predicted octanol–water partition coefficient (Wildman–Crippen LogP) is 1.18. The second kappa shape index (κ2) is 3.72. The molecule has 0 unspecified atom stereocenters. The van der Waals surface area contributed by atoms with Crippen LogP contribution >= 0.6 is 0 Å². The third kappa shape index (κ3) is 2.68. The molecule has 0 saturated heterocycles. The van der Waals surface area contributed by atoms with Crippen LogP contribution in [0.5, 0.6) is 0 Å². The molecule has 0 aliphatic rings. The normalized spacial score (nSPS) is 12.2. The molecular weight excluding hydrogens is 186 g/mol. The number of hydrogen-bond acceptors (Lipinski definition) is 2. The minimum Gasteiger partial charge on any atom is -0.225 e. The van der Waals surface area contributed by atoms with Gasteiger partial charge < -0.3 is 0 Å². The van der Waals surface area contributed by atoms with Crippen molar-refractivity contribution in [3.05, 3.63) is 42.8 Å². The summed E-state index contributed by atoms with van der Waals surface area (Å²) in [5.74, 6) is 0. The van der Waals surface area contributed by atoms with Gasteiger partial charge in [0.2, 0.25) is 10.0 Å². The van der Waals surface area contributed by atoms with E-state index in [2.05, 4.69) is 6.92 Å². The van der Waals surface area contributed by atoms with Gasteiger partial charge in [-0.05, 0) is 24.6 Å². The first-order chi connectivity index (χ1) is 6.04. The number of primary sulfonamides is 1. The summed E-state index contributed by atoms with van der Waals surface area (Å²) in [6, 6.07) is 6.26. The molecule has 4 heteroatoms. The van der Waals surface area contributed by atoms with Crippen molar-refractivity contribution in [2.24, 2.45) is 5.14 Å². The van der Waals surface area contributed by atoms with Crippen LogP contribution in [0.25, 0.3) is 6.08 Å². The Labute approximate surface area is 77.9 Å². The lowest BCUT2D eigenvalue weighted by Gasteiger charge is -1.97. The molecule has 0 aliphatic carbocycles. The topological polar surface area (TPSA) is 60.2 Å². The maximum absolute atomic E-state index is 10.8. The highest BCUT2D eigenvalue weighted by Crippen LogP contribution is 2.09. The van der Waals surface area contributed by atoms with E-state index >= 15 is 0 Å². The van der Waals surface area contributed by atoms with Crippen molar-refractivity contribution in [2.45, 2.75) is 4.90 Å². The molecule has 0 saturated carbocycles. The second-order valence-electron chi connectivity index (χ2n) is 2.52. The third-order valence-electron chi connectivity index (χ3n) is 1.52. The molecule has 69 valence electrons. The van der Waals surface area contributed by atoms with Gasteiger partial charge in [0.15, 0.2) is 0 Å². The fraction of sp³-hybridized carbons (Fsp3) is 0. The van der Waals surface area contributed by atoms with E-state index in [-0.39, 0.29) is 4.90 Å². The molecule has 13 heavy (non-hydrogen) atoms. The highest BCUT2D eigenvalue weighted by molar-refractivity contribution is 7.89.